The van der Waals surface area contributed by atoms with E-state index in [0.29, 0.717) is 0 Å². The van der Waals surface area contributed by atoms with Gasteiger partial charge in [-0.3, -0.25) is 14.8 Å². The summed E-state index contributed by atoms with van der Waals surface area (Å²) >= 11 is 1.67. The Hall–Kier alpha value is -2.86. The number of hydrogen-bond acceptors (Lipinski definition) is 5. The molecule has 5 nitrogen and oxygen atoms in total. The van der Waals surface area contributed by atoms with Gasteiger partial charge in [-0.2, -0.15) is 0 Å². The average molecular weight is 348 g/mol. The SMILES string of the molecule is O=C(C=Cc1cccnc1)Nc1ccc(C2=CSC3=NCCN23)cc1. The van der Waals surface area contributed by atoms with Crippen LogP contribution >= 0.6 is 11.8 Å². The molecule has 0 unspecified atom stereocenters. The van der Waals surface area contributed by atoms with Gasteiger partial charge in [0.1, 0.15) is 0 Å². The van der Waals surface area contributed by atoms with Crippen LogP contribution in [-0.2, 0) is 4.79 Å². The Balaban J connectivity index is 1.40. The summed E-state index contributed by atoms with van der Waals surface area (Å²) in [5, 5.41) is 6.07. The van der Waals surface area contributed by atoms with Crippen LogP contribution in [0.5, 0.6) is 0 Å². The van der Waals surface area contributed by atoms with Crippen LogP contribution in [0.15, 0.2) is 65.3 Å². The number of nitrogens with one attached hydrogen (secondary N) is 1. The minimum Gasteiger partial charge on any atom is -0.323 e. The normalized spacial score (nSPS) is 15.9. The van der Waals surface area contributed by atoms with E-state index in [1.807, 2.05) is 36.4 Å². The molecule has 0 fully saturated rings. The fourth-order valence-corrected chi connectivity index (χ4v) is 3.66. The zero-order valence-electron chi connectivity index (χ0n) is 13.4. The molecule has 0 spiro atoms. The van der Waals surface area contributed by atoms with Gasteiger partial charge < -0.3 is 10.2 Å². The van der Waals surface area contributed by atoms with Gasteiger partial charge in [0.05, 0.1) is 12.2 Å². The number of amides is 1. The molecule has 124 valence electrons. The second-order valence-electron chi connectivity index (χ2n) is 5.62. The quantitative estimate of drug-likeness (QED) is 0.860. The van der Waals surface area contributed by atoms with Crippen LogP contribution in [0.3, 0.4) is 0 Å². The van der Waals surface area contributed by atoms with Gasteiger partial charge in [-0.1, -0.05) is 30.0 Å². The number of nitrogens with zero attached hydrogens (tertiary/aromatic N) is 3. The summed E-state index contributed by atoms with van der Waals surface area (Å²) in [5.74, 6) is -0.166. The van der Waals surface area contributed by atoms with Crippen LogP contribution in [-0.4, -0.2) is 34.0 Å². The summed E-state index contributed by atoms with van der Waals surface area (Å²) in [6.07, 6.45) is 6.66. The van der Waals surface area contributed by atoms with Crippen LogP contribution in [0, 0.1) is 0 Å². The number of carbonyl (C=O) groups excluding carboxylic acids is 1. The number of anilines is 1. The predicted molar refractivity (Wildman–Crippen MR) is 103 cm³/mol. The molecule has 0 bridgehead atoms. The summed E-state index contributed by atoms with van der Waals surface area (Å²) in [6, 6.07) is 11.6. The molecule has 1 aromatic carbocycles. The van der Waals surface area contributed by atoms with Crippen LogP contribution in [0.2, 0.25) is 0 Å². The molecule has 3 heterocycles. The van der Waals surface area contributed by atoms with Gasteiger partial charge in [-0.15, -0.1) is 0 Å². The van der Waals surface area contributed by atoms with Gasteiger partial charge in [0.25, 0.3) is 0 Å². The number of fused-ring (bicyclic) bond motifs is 1. The van der Waals surface area contributed by atoms with Crippen molar-refractivity contribution in [2.45, 2.75) is 0 Å². The molecule has 0 aliphatic carbocycles. The fraction of sp³-hybridized carbons (Fsp3) is 0.105. The van der Waals surface area contributed by atoms with Gasteiger partial charge in [0.2, 0.25) is 5.91 Å². The molecule has 1 aromatic heterocycles. The molecule has 0 saturated carbocycles. The lowest BCUT2D eigenvalue weighted by Crippen LogP contribution is -2.19. The second kappa shape index (κ2) is 6.94. The maximum absolute atomic E-state index is 12.0. The number of carbonyl (C=O) groups is 1. The number of aliphatic imine (C=N–C) groups is 1. The summed E-state index contributed by atoms with van der Waals surface area (Å²) in [7, 11) is 0. The smallest absolute Gasteiger partial charge is 0.248 e. The molecule has 2 aliphatic heterocycles. The number of pyridine rings is 1. The molecule has 2 aliphatic rings. The predicted octanol–water partition coefficient (Wildman–Crippen LogP) is 3.45. The van der Waals surface area contributed by atoms with Gasteiger partial charge >= 0.3 is 0 Å². The lowest BCUT2D eigenvalue weighted by molar-refractivity contribution is -0.111. The van der Waals surface area contributed by atoms with E-state index < -0.39 is 0 Å². The summed E-state index contributed by atoms with van der Waals surface area (Å²) in [4.78, 5) is 22.7. The second-order valence-corrected chi connectivity index (χ2v) is 6.46. The largest absolute Gasteiger partial charge is 0.323 e. The Labute approximate surface area is 150 Å². The van der Waals surface area contributed by atoms with Crippen molar-refractivity contribution < 1.29 is 4.79 Å². The number of aromatic nitrogens is 1. The third kappa shape index (κ3) is 3.49. The Bertz CT molecular complexity index is 872. The lowest BCUT2D eigenvalue weighted by Gasteiger charge is -2.16. The van der Waals surface area contributed by atoms with Crippen molar-refractivity contribution in [3.05, 3.63) is 71.4 Å². The molecule has 2 aromatic rings. The number of thioether (sulfide) groups is 1. The van der Waals surface area contributed by atoms with Crippen LogP contribution in [0.1, 0.15) is 11.1 Å². The van der Waals surface area contributed by atoms with Crippen molar-refractivity contribution >= 4 is 40.3 Å². The third-order valence-corrected chi connectivity index (χ3v) is 4.83. The first-order valence-electron chi connectivity index (χ1n) is 7.98. The Morgan fingerprint density at radius 3 is 2.92 bits per heavy atom. The molecule has 0 atom stereocenters. The van der Waals surface area contributed by atoms with E-state index in [9.17, 15) is 4.79 Å². The average Bonchev–Trinajstić information content (AvgIpc) is 3.25. The number of rotatable bonds is 4. The topological polar surface area (TPSA) is 57.6 Å². The molecule has 25 heavy (non-hydrogen) atoms. The third-order valence-electron chi connectivity index (χ3n) is 3.93. The van der Waals surface area contributed by atoms with Crippen molar-refractivity contribution in [3.63, 3.8) is 0 Å². The van der Waals surface area contributed by atoms with E-state index >= 15 is 0 Å². The highest BCUT2D eigenvalue weighted by Gasteiger charge is 2.26. The molecule has 0 radical (unpaired) electrons. The van der Waals surface area contributed by atoms with Crippen molar-refractivity contribution in [1.29, 1.82) is 0 Å². The van der Waals surface area contributed by atoms with E-state index in [1.165, 1.54) is 11.8 Å². The summed E-state index contributed by atoms with van der Waals surface area (Å²) < 4.78 is 0. The first-order chi connectivity index (χ1) is 12.3. The van der Waals surface area contributed by atoms with Crippen molar-refractivity contribution in [1.82, 2.24) is 9.88 Å². The van der Waals surface area contributed by atoms with Gasteiger partial charge in [-0.25, -0.2) is 0 Å². The van der Waals surface area contributed by atoms with Crippen LogP contribution in [0.4, 0.5) is 5.69 Å². The van der Waals surface area contributed by atoms with Crippen molar-refractivity contribution in [2.75, 3.05) is 18.4 Å². The molecule has 6 heteroatoms. The Kier molecular flexibility index (Phi) is 4.35. The highest BCUT2D eigenvalue weighted by atomic mass is 32.2. The van der Waals surface area contributed by atoms with Gasteiger partial charge in [0.15, 0.2) is 5.17 Å². The van der Waals surface area contributed by atoms with E-state index in [1.54, 1.807) is 30.2 Å². The molecule has 1 amide bonds. The van der Waals surface area contributed by atoms with Gasteiger partial charge in [0, 0.05) is 36.1 Å². The minimum atomic E-state index is -0.166. The number of benzene rings is 1. The van der Waals surface area contributed by atoms with E-state index in [-0.39, 0.29) is 5.91 Å². The van der Waals surface area contributed by atoms with E-state index in [2.05, 4.69) is 25.6 Å². The standard InChI is InChI=1S/C19H16N4OS/c24-18(8-3-14-2-1-9-20-12-14)22-16-6-4-15(5-7-16)17-13-25-19-21-10-11-23(17)19/h1-9,12-13H,10-11H2,(H,22,24). The molecular weight excluding hydrogens is 332 g/mol. The lowest BCUT2D eigenvalue weighted by atomic mass is 10.1. The minimum absolute atomic E-state index is 0.166. The van der Waals surface area contributed by atoms with E-state index in [4.69, 9.17) is 0 Å². The zero-order valence-corrected chi connectivity index (χ0v) is 14.2. The maximum Gasteiger partial charge on any atom is 0.248 e. The monoisotopic (exact) mass is 348 g/mol. The van der Waals surface area contributed by atoms with Crippen LogP contribution in [0.25, 0.3) is 11.8 Å². The van der Waals surface area contributed by atoms with Crippen molar-refractivity contribution in [3.8, 4) is 0 Å². The summed E-state index contributed by atoms with van der Waals surface area (Å²) in [6.45, 7) is 1.79. The highest BCUT2D eigenvalue weighted by Crippen LogP contribution is 2.35. The summed E-state index contributed by atoms with van der Waals surface area (Å²) in [5.41, 5.74) is 3.96. The van der Waals surface area contributed by atoms with Crippen molar-refractivity contribution in [2.24, 2.45) is 4.99 Å². The molecule has 1 N–H and O–H groups in total. The Morgan fingerprint density at radius 2 is 2.12 bits per heavy atom. The number of amidine groups is 1. The number of hydrogen-bond donors (Lipinski definition) is 1. The zero-order chi connectivity index (χ0) is 17.1. The van der Waals surface area contributed by atoms with E-state index in [0.717, 1.165) is 35.1 Å². The van der Waals surface area contributed by atoms with Crippen LogP contribution < -0.4 is 5.32 Å². The highest BCUT2D eigenvalue weighted by molar-refractivity contribution is 8.16. The molecule has 4 rings (SSSR count). The molecule has 0 saturated heterocycles. The fourth-order valence-electron chi connectivity index (χ4n) is 2.70. The molecular formula is C19H16N4OS. The van der Waals surface area contributed by atoms with Gasteiger partial charge in [-0.05, 0) is 35.4 Å². The maximum atomic E-state index is 12.0. The first-order valence-corrected chi connectivity index (χ1v) is 8.86. The Morgan fingerprint density at radius 1 is 1.24 bits per heavy atom. The first kappa shape index (κ1) is 15.7.